The molecule has 2 aliphatic rings. The van der Waals surface area contributed by atoms with Crippen LogP contribution in [-0.4, -0.2) is 48.3 Å². The molecule has 3 heterocycles. The van der Waals surface area contributed by atoms with Crippen LogP contribution in [0.2, 0.25) is 4.34 Å². The molecular formula is C12H18ClN3OS. The Kier molecular flexibility index (Phi) is 4.16. The zero-order valence-corrected chi connectivity index (χ0v) is 11.8. The summed E-state index contributed by atoms with van der Waals surface area (Å²) >= 11 is 7.38. The molecule has 100 valence electrons. The van der Waals surface area contributed by atoms with Gasteiger partial charge in [-0.3, -0.25) is 4.90 Å². The van der Waals surface area contributed by atoms with Gasteiger partial charge in [-0.2, -0.15) is 0 Å². The number of halogens is 1. The van der Waals surface area contributed by atoms with Crippen LogP contribution in [0.1, 0.15) is 17.8 Å². The molecule has 1 N–H and O–H groups in total. The van der Waals surface area contributed by atoms with Gasteiger partial charge in [0.15, 0.2) is 0 Å². The molecule has 2 aliphatic heterocycles. The van der Waals surface area contributed by atoms with Crippen LogP contribution in [-0.2, 0) is 11.3 Å². The average molecular weight is 288 g/mol. The van der Waals surface area contributed by atoms with Crippen LogP contribution in [0.5, 0.6) is 0 Å². The number of rotatable bonds is 4. The van der Waals surface area contributed by atoms with Gasteiger partial charge in [-0.05, 0) is 19.4 Å². The van der Waals surface area contributed by atoms with Crippen molar-refractivity contribution in [1.82, 2.24) is 15.2 Å². The molecule has 0 saturated carbocycles. The maximum atomic E-state index is 5.89. The van der Waals surface area contributed by atoms with Crippen LogP contribution < -0.4 is 5.32 Å². The van der Waals surface area contributed by atoms with E-state index in [-0.39, 0.29) is 0 Å². The minimum atomic E-state index is 0.315. The zero-order chi connectivity index (χ0) is 12.4. The van der Waals surface area contributed by atoms with Crippen molar-refractivity contribution < 1.29 is 4.74 Å². The number of nitrogens with zero attached hydrogens (tertiary/aromatic N) is 2. The van der Waals surface area contributed by atoms with E-state index in [2.05, 4.69) is 15.2 Å². The highest BCUT2D eigenvalue weighted by Crippen LogP contribution is 2.22. The highest BCUT2D eigenvalue weighted by Gasteiger charge is 2.31. The van der Waals surface area contributed by atoms with Gasteiger partial charge in [-0.1, -0.05) is 11.6 Å². The Morgan fingerprint density at radius 3 is 3.39 bits per heavy atom. The predicted octanol–water partition coefficient (Wildman–Crippen LogP) is 1.75. The van der Waals surface area contributed by atoms with Gasteiger partial charge in [-0.25, -0.2) is 4.98 Å². The number of nitrogens with one attached hydrogen (secondary N) is 1. The van der Waals surface area contributed by atoms with E-state index in [9.17, 15) is 0 Å². The Morgan fingerprint density at radius 2 is 2.56 bits per heavy atom. The molecule has 2 fully saturated rings. The molecule has 1 aromatic rings. The number of fused-ring (bicyclic) bond motifs is 1. The van der Waals surface area contributed by atoms with Crippen molar-refractivity contribution in [2.24, 2.45) is 0 Å². The SMILES string of the molecule is Clc1cnc(CNCC2CN3CCCC3CO2)s1. The second-order valence-corrected chi connectivity index (χ2v) is 6.68. The first-order valence-electron chi connectivity index (χ1n) is 6.48. The van der Waals surface area contributed by atoms with Crippen molar-refractivity contribution in [2.75, 3.05) is 26.2 Å². The smallest absolute Gasteiger partial charge is 0.113 e. The van der Waals surface area contributed by atoms with E-state index in [0.29, 0.717) is 12.1 Å². The van der Waals surface area contributed by atoms with Gasteiger partial charge in [-0.15, -0.1) is 11.3 Å². The summed E-state index contributed by atoms with van der Waals surface area (Å²) in [7, 11) is 0. The topological polar surface area (TPSA) is 37.4 Å². The van der Waals surface area contributed by atoms with Crippen molar-refractivity contribution in [1.29, 1.82) is 0 Å². The van der Waals surface area contributed by atoms with Gasteiger partial charge in [0.05, 0.1) is 18.9 Å². The minimum Gasteiger partial charge on any atom is -0.374 e. The van der Waals surface area contributed by atoms with Crippen molar-refractivity contribution in [2.45, 2.75) is 31.5 Å². The zero-order valence-electron chi connectivity index (χ0n) is 10.3. The standard InChI is InChI=1S/C12H18ClN3OS/c13-11-5-15-12(18-11)6-14-4-10-7-16-3-1-2-9(16)8-17-10/h5,9-10,14H,1-4,6-8H2. The average Bonchev–Trinajstić information content (AvgIpc) is 2.97. The van der Waals surface area contributed by atoms with Gasteiger partial charge < -0.3 is 10.1 Å². The van der Waals surface area contributed by atoms with E-state index in [1.165, 1.54) is 30.7 Å². The van der Waals surface area contributed by atoms with E-state index in [1.807, 2.05) is 0 Å². The Labute approximate surface area is 116 Å². The highest BCUT2D eigenvalue weighted by molar-refractivity contribution is 7.15. The van der Waals surface area contributed by atoms with E-state index < -0.39 is 0 Å². The summed E-state index contributed by atoms with van der Waals surface area (Å²) in [6.07, 6.45) is 4.65. The van der Waals surface area contributed by atoms with Gasteiger partial charge in [0.1, 0.15) is 9.34 Å². The summed E-state index contributed by atoms with van der Waals surface area (Å²) in [5.74, 6) is 0. The molecule has 0 amide bonds. The van der Waals surface area contributed by atoms with Crippen LogP contribution in [0.4, 0.5) is 0 Å². The molecule has 2 saturated heterocycles. The summed E-state index contributed by atoms with van der Waals surface area (Å²) in [5.41, 5.74) is 0. The summed E-state index contributed by atoms with van der Waals surface area (Å²) < 4.78 is 6.64. The molecule has 4 nitrogen and oxygen atoms in total. The van der Waals surface area contributed by atoms with E-state index >= 15 is 0 Å². The molecule has 0 radical (unpaired) electrons. The maximum Gasteiger partial charge on any atom is 0.113 e. The molecule has 0 aromatic carbocycles. The van der Waals surface area contributed by atoms with Crippen molar-refractivity contribution in [3.8, 4) is 0 Å². The van der Waals surface area contributed by atoms with Crippen LogP contribution in [0.25, 0.3) is 0 Å². The van der Waals surface area contributed by atoms with Gasteiger partial charge >= 0.3 is 0 Å². The fourth-order valence-electron chi connectivity index (χ4n) is 2.72. The number of morpholine rings is 1. The minimum absolute atomic E-state index is 0.315. The van der Waals surface area contributed by atoms with Gasteiger partial charge in [0.25, 0.3) is 0 Å². The first kappa shape index (κ1) is 12.8. The lowest BCUT2D eigenvalue weighted by Gasteiger charge is -2.35. The third-order valence-electron chi connectivity index (χ3n) is 3.64. The lowest BCUT2D eigenvalue weighted by molar-refractivity contribution is -0.0470. The van der Waals surface area contributed by atoms with Crippen molar-refractivity contribution in [3.05, 3.63) is 15.5 Å². The van der Waals surface area contributed by atoms with Gasteiger partial charge in [0, 0.05) is 25.7 Å². The molecule has 1 aromatic heterocycles. The van der Waals surface area contributed by atoms with Crippen LogP contribution in [0.3, 0.4) is 0 Å². The lowest BCUT2D eigenvalue weighted by atomic mass is 10.2. The molecular weight excluding hydrogens is 270 g/mol. The normalized spacial score (nSPS) is 28.5. The van der Waals surface area contributed by atoms with Crippen molar-refractivity contribution >= 4 is 22.9 Å². The Balaban J connectivity index is 1.41. The lowest BCUT2D eigenvalue weighted by Crippen LogP contribution is -2.49. The van der Waals surface area contributed by atoms with Crippen LogP contribution in [0.15, 0.2) is 6.20 Å². The number of hydrogen-bond donors (Lipinski definition) is 1. The molecule has 3 rings (SSSR count). The number of aromatic nitrogens is 1. The van der Waals surface area contributed by atoms with E-state index in [1.54, 1.807) is 6.20 Å². The molecule has 0 spiro atoms. The van der Waals surface area contributed by atoms with Crippen molar-refractivity contribution in [3.63, 3.8) is 0 Å². The molecule has 2 atom stereocenters. The third-order valence-corrected chi connectivity index (χ3v) is 4.75. The summed E-state index contributed by atoms with van der Waals surface area (Å²) in [4.78, 5) is 6.79. The third kappa shape index (κ3) is 3.03. The summed E-state index contributed by atoms with van der Waals surface area (Å²) in [6, 6.07) is 0.680. The first-order chi connectivity index (χ1) is 8.81. The monoisotopic (exact) mass is 287 g/mol. The van der Waals surface area contributed by atoms with E-state index in [0.717, 1.165) is 35.6 Å². The molecule has 2 unspecified atom stereocenters. The first-order valence-corrected chi connectivity index (χ1v) is 7.67. The number of ether oxygens (including phenoxy) is 1. The fraction of sp³-hybridized carbons (Fsp3) is 0.750. The second-order valence-electron chi connectivity index (χ2n) is 4.94. The summed E-state index contributed by atoms with van der Waals surface area (Å²) in [5, 5.41) is 4.44. The Bertz CT molecular complexity index is 400. The fourth-order valence-corrected chi connectivity index (χ4v) is 3.65. The highest BCUT2D eigenvalue weighted by atomic mass is 35.5. The number of thiazole rings is 1. The largest absolute Gasteiger partial charge is 0.374 e. The Hall–Kier alpha value is -0.200. The molecule has 0 bridgehead atoms. The van der Waals surface area contributed by atoms with Crippen LogP contribution >= 0.6 is 22.9 Å². The molecule has 0 aliphatic carbocycles. The van der Waals surface area contributed by atoms with E-state index in [4.69, 9.17) is 16.3 Å². The van der Waals surface area contributed by atoms with Gasteiger partial charge in [0.2, 0.25) is 0 Å². The Morgan fingerprint density at radius 1 is 1.61 bits per heavy atom. The quantitative estimate of drug-likeness (QED) is 0.915. The van der Waals surface area contributed by atoms with Crippen LogP contribution in [0, 0.1) is 0 Å². The second kappa shape index (κ2) is 5.84. The predicted molar refractivity (Wildman–Crippen MR) is 73.2 cm³/mol. The maximum absolute atomic E-state index is 5.89. The molecule has 6 heteroatoms. The number of hydrogen-bond acceptors (Lipinski definition) is 5. The summed E-state index contributed by atoms with van der Waals surface area (Å²) in [6.45, 7) is 4.87. The molecule has 18 heavy (non-hydrogen) atoms.